The highest BCUT2D eigenvalue weighted by Gasteiger charge is 2.14. The third kappa shape index (κ3) is 2.41. The molecule has 0 radical (unpaired) electrons. The number of hydrogen-bond donors (Lipinski definition) is 2. The van der Waals surface area contributed by atoms with Crippen LogP contribution in [-0.2, 0) is 0 Å². The van der Waals surface area contributed by atoms with E-state index in [2.05, 4.69) is 15.5 Å². The Morgan fingerprint density at radius 3 is 2.71 bits per heavy atom. The van der Waals surface area contributed by atoms with Gasteiger partial charge >= 0.3 is 0 Å². The van der Waals surface area contributed by atoms with Gasteiger partial charge in [-0.15, -0.1) is 0 Å². The van der Waals surface area contributed by atoms with Crippen molar-refractivity contribution in [2.75, 3.05) is 5.32 Å². The Morgan fingerprint density at radius 1 is 1.29 bits per heavy atom. The lowest BCUT2D eigenvalue weighted by Crippen LogP contribution is -2.08. The van der Waals surface area contributed by atoms with E-state index < -0.39 is 17.5 Å². The molecule has 3 nitrogen and oxygen atoms in total. The van der Waals surface area contributed by atoms with E-state index in [9.17, 15) is 13.2 Å². The highest BCUT2D eigenvalue weighted by atomic mass is 19.2. The van der Waals surface area contributed by atoms with Gasteiger partial charge < -0.3 is 5.32 Å². The zero-order valence-corrected chi connectivity index (χ0v) is 8.97. The standard InChI is InChI=1S/C11H10F3N3/c1-6(7-4-15-16-5-7)17-10-3-8(12)2-9(13)11(10)14/h2-6,17H,1H3,(H,15,16). The summed E-state index contributed by atoms with van der Waals surface area (Å²) >= 11 is 0. The van der Waals surface area contributed by atoms with Gasteiger partial charge in [-0.25, -0.2) is 13.2 Å². The number of aromatic amines is 1. The quantitative estimate of drug-likeness (QED) is 0.811. The molecule has 1 aromatic heterocycles. The highest BCUT2D eigenvalue weighted by Crippen LogP contribution is 2.23. The molecule has 0 aliphatic carbocycles. The molecule has 6 heteroatoms. The monoisotopic (exact) mass is 241 g/mol. The third-order valence-electron chi connectivity index (χ3n) is 2.38. The summed E-state index contributed by atoms with van der Waals surface area (Å²) in [6.45, 7) is 1.73. The first-order valence-electron chi connectivity index (χ1n) is 4.97. The van der Waals surface area contributed by atoms with Crippen LogP contribution in [-0.4, -0.2) is 10.2 Å². The van der Waals surface area contributed by atoms with Crippen molar-refractivity contribution in [3.63, 3.8) is 0 Å². The lowest BCUT2D eigenvalue weighted by molar-refractivity contribution is 0.496. The fraction of sp³-hybridized carbons (Fsp3) is 0.182. The molecule has 0 fully saturated rings. The number of rotatable bonds is 3. The summed E-state index contributed by atoms with van der Waals surface area (Å²) in [5.74, 6) is -3.14. The van der Waals surface area contributed by atoms with Crippen LogP contribution >= 0.6 is 0 Å². The van der Waals surface area contributed by atoms with Crippen LogP contribution in [0.1, 0.15) is 18.5 Å². The maximum absolute atomic E-state index is 13.4. The summed E-state index contributed by atoms with van der Waals surface area (Å²) in [6.07, 6.45) is 3.16. The third-order valence-corrected chi connectivity index (χ3v) is 2.38. The lowest BCUT2D eigenvalue weighted by Gasteiger charge is -2.14. The van der Waals surface area contributed by atoms with Crippen LogP contribution in [0.4, 0.5) is 18.9 Å². The van der Waals surface area contributed by atoms with Crippen molar-refractivity contribution >= 4 is 5.69 Å². The summed E-state index contributed by atoms with van der Waals surface area (Å²) in [7, 11) is 0. The van der Waals surface area contributed by atoms with Crippen LogP contribution in [0.5, 0.6) is 0 Å². The van der Waals surface area contributed by atoms with Gasteiger partial charge in [0.05, 0.1) is 17.9 Å². The van der Waals surface area contributed by atoms with Gasteiger partial charge in [-0.2, -0.15) is 5.10 Å². The van der Waals surface area contributed by atoms with Crippen LogP contribution in [0, 0.1) is 17.5 Å². The van der Waals surface area contributed by atoms with Crippen LogP contribution in [0.15, 0.2) is 24.5 Å². The van der Waals surface area contributed by atoms with E-state index in [1.165, 1.54) is 0 Å². The van der Waals surface area contributed by atoms with E-state index in [1.54, 1.807) is 19.3 Å². The summed E-state index contributed by atoms with van der Waals surface area (Å²) in [6, 6.07) is 1.10. The summed E-state index contributed by atoms with van der Waals surface area (Å²) in [5.41, 5.74) is 0.547. The van der Waals surface area contributed by atoms with E-state index in [-0.39, 0.29) is 11.7 Å². The number of anilines is 1. The minimum Gasteiger partial charge on any atom is -0.376 e. The molecule has 0 saturated carbocycles. The number of nitrogens with one attached hydrogen (secondary N) is 2. The molecule has 1 unspecified atom stereocenters. The van der Waals surface area contributed by atoms with Crippen LogP contribution < -0.4 is 5.32 Å². The number of H-pyrrole nitrogens is 1. The number of nitrogens with zero attached hydrogens (tertiary/aromatic N) is 1. The van der Waals surface area contributed by atoms with Gasteiger partial charge in [-0.3, -0.25) is 5.10 Å². The predicted octanol–water partition coefficient (Wildman–Crippen LogP) is 3.00. The van der Waals surface area contributed by atoms with Gasteiger partial charge in [0, 0.05) is 23.9 Å². The zero-order chi connectivity index (χ0) is 12.4. The molecule has 0 amide bonds. The number of aromatic nitrogens is 2. The molecule has 2 aromatic rings. The normalized spacial score (nSPS) is 12.5. The predicted molar refractivity (Wildman–Crippen MR) is 56.9 cm³/mol. The number of halogens is 3. The van der Waals surface area contributed by atoms with Gasteiger partial charge in [0.2, 0.25) is 0 Å². The van der Waals surface area contributed by atoms with Gasteiger partial charge in [-0.1, -0.05) is 0 Å². The minimum atomic E-state index is -1.22. The van der Waals surface area contributed by atoms with E-state index in [4.69, 9.17) is 0 Å². The minimum absolute atomic E-state index is 0.212. The molecule has 1 heterocycles. The SMILES string of the molecule is CC(Nc1cc(F)cc(F)c1F)c1cn[nH]c1. The molecule has 0 bridgehead atoms. The highest BCUT2D eigenvalue weighted by molar-refractivity contribution is 5.47. The second-order valence-corrected chi connectivity index (χ2v) is 3.65. The molecule has 0 aliphatic heterocycles. The second kappa shape index (κ2) is 4.48. The molecule has 0 saturated heterocycles. The average Bonchev–Trinajstić information content (AvgIpc) is 2.78. The topological polar surface area (TPSA) is 40.7 Å². The zero-order valence-electron chi connectivity index (χ0n) is 8.97. The molecular formula is C11H10F3N3. The van der Waals surface area contributed by atoms with Crippen molar-refractivity contribution in [1.82, 2.24) is 10.2 Å². The van der Waals surface area contributed by atoms with Crippen molar-refractivity contribution in [1.29, 1.82) is 0 Å². The van der Waals surface area contributed by atoms with Gasteiger partial charge in [0.25, 0.3) is 0 Å². The molecule has 2 N–H and O–H groups in total. The van der Waals surface area contributed by atoms with Crippen molar-refractivity contribution in [3.05, 3.63) is 47.5 Å². The summed E-state index contributed by atoms with van der Waals surface area (Å²) < 4.78 is 39.3. The smallest absolute Gasteiger partial charge is 0.182 e. The Hall–Kier alpha value is -1.98. The van der Waals surface area contributed by atoms with Crippen molar-refractivity contribution < 1.29 is 13.2 Å². The van der Waals surface area contributed by atoms with E-state index in [1.807, 2.05) is 0 Å². The van der Waals surface area contributed by atoms with Gasteiger partial charge in [0.15, 0.2) is 11.6 Å². The first-order valence-corrected chi connectivity index (χ1v) is 4.97. The molecule has 2 rings (SSSR count). The Morgan fingerprint density at radius 2 is 2.06 bits per heavy atom. The number of hydrogen-bond acceptors (Lipinski definition) is 2. The Bertz CT molecular complexity index is 511. The largest absolute Gasteiger partial charge is 0.376 e. The summed E-state index contributed by atoms with van der Waals surface area (Å²) in [5, 5.41) is 9.02. The first-order chi connectivity index (χ1) is 8.08. The van der Waals surface area contributed by atoms with Gasteiger partial charge in [0.1, 0.15) is 5.82 Å². The fourth-order valence-electron chi connectivity index (χ4n) is 1.48. The molecule has 1 aromatic carbocycles. The fourth-order valence-corrected chi connectivity index (χ4v) is 1.48. The first kappa shape index (κ1) is 11.5. The van der Waals surface area contributed by atoms with Crippen LogP contribution in [0.25, 0.3) is 0 Å². The lowest BCUT2D eigenvalue weighted by atomic mass is 10.1. The van der Waals surface area contributed by atoms with Crippen LogP contribution in [0.3, 0.4) is 0 Å². The second-order valence-electron chi connectivity index (χ2n) is 3.65. The molecule has 90 valence electrons. The molecule has 0 aliphatic rings. The average molecular weight is 241 g/mol. The Kier molecular flexibility index (Phi) is 3.03. The van der Waals surface area contributed by atoms with Crippen LogP contribution in [0.2, 0.25) is 0 Å². The van der Waals surface area contributed by atoms with Crippen molar-refractivity contribution in [2.45, 2.75) is 13.0 Å². The Balaban J connectivity index is 2.24. The van der Waals surface area contributed by atoms with Gasteiger partial charge in [-0.05, 0) is 6.92 Å². The number of benzene rings is 1. The molecular weight excluding hydrogens is 231 g/mol. The molecule has 0 spiro atoms. The van der Waals surface area contributed by atoms with E-state index in [0.29, 0.717) is 6.07 Å². The summed E-state index contributed by atoms with van der Waals surface area (Å²) in [4.78, 5) is 0. The van der Waals surface area contributed by atoms with Crippen molar-refractivity contribution in [3.8, 4) is 0 Å². The molecule has 17 heavy (non-hydrogen) atoms. The molecule has 1 atom stereocenters. The maximum Gasteiger partial charge on any atom is 0.182 e. The maximum atomic E-state index is 13.4. The Labute approximate surface area is 95.7 Å². The van der Waals surface area contributed by atoms with Crippen molar-refractivity contribution in [2.24, 2.45) is 0 Å². The van der Waals surface area contributed by atoms with E-state index in [0.717, 1.165) is 11.6 Å². The van der Waals surface area contributed by atoms with E-state index >= 15 is 0 Å².